The summed E-state index contributed by atoms with van der Waals surface area (Å²) in [6.45, 7) is 7.89. The highest BCUT2D eigenvalue weighted by Gasteiger charge is 2.21. The van der Waals surface area contributed by atoms with Gasteiger partial charge in [-0.25, -0.2) is 4.79 Å². The molecule has 0 radical (unpaired) electrons. The summed E-state index contributed by atoms with van der Waals surface area (Å²) in [7, 11) is 3.74. The average molecular weight is 380 g/mol. The Balaban J connectivity index is 1.78. The van der Waals surface area contributed by atoms with Crippen LogP contribution >= 0.6 is 0 Å². The minimum atomic E-state index is -0.467. The quantitative estimate of drug-likeness (QED) is 0.631. The van der Waals surface area contributed by atoms with E-state index < -0.39 is 6.09 Å². The molecule has 1 aliphatic heterocycles. The molecular formula is C20H33N3O4. The van der Waals surface area contributed by atoms with Gasteiger partial charge in [-0.3, -0.25) is 10.2 Å². The van der Waals surface area contributed by atoms with E-state index in [1.807, 2.05) is 24.3 Å². The summed E-state index contributed by atoms with van der Waals surface area (Å²) in [4.78, 5) is 16.8. The van der Waals surface area contributed by atoms with E-state index in [1.54, 1.807) is 7.11 Å². The highest BCUT2D eigenvalue weighted by Crippen LogP contribution is 2.16. The number of ether oxygens (including phenoxy) is 3. The van der Waals surface area contributed by atoms with E-state index in [4.69, 9.17) is 14.2 Å². The van der Waals surface area contributed by atoms with Crippen LogP contribution < -0.4 is 10.1 Å². The highest BCUT2D eigenvalue weighted by atomic mass is 16.6. The van der Waals surface area contributed by atoms with Gasteiger partial charge < -0.3 is 19.1 Å². The number of carbonyl (C=O) groups is 1. The smallest absolute Gasteiger partial charge is 0.412 e. The van der Waals surface area contributed by atoms with E-state index in [1.165, 1.54) is 0 Å². The lowest BCUT2D eigenvalue weighted by atomic mass is 10.2. The molecule has 1 aromatic carbocycles. The number of anilines is 1. The highest BCUT2D eigenvalue weighted by molar-refractivity contribution is 5.84. The second-order valence-electron chi connectivity index (χ2n) is 6.94. The third-order valence-corrected chi connectivity index (χ3v) is 4.55. The molecule has 7 heteroatoms. The van der Waals surface area contributed by atoms with Gasteiger partial charge in [0.05, 0.1) is 13.2 Å². The molecule has 1 amide bonds. The van der Waals surface area contributed by atoms with Crippen molar-refractivity contribution in [2.24, 2.45) is 0 Å². The Labute approximate surface area is 162 Å². The molecule has 1 aromatic rings. The van der Waals surface area contributed by atoms with Crippen LogP contribution in [0.3, 0.4) is 0 Å². The van der Waals surface area contributed by atoms with Crippen LogP contribution in [-0.4, -0.2) is 82.1 Å². The Morgan fingerprint density at radius 2 is 1.89 bits per heavy atom. The maximum absolute atomic E-state index is 12.2. The summed E-state index contributed by atoms with van der Waals surface area (Å²) >= 11 is 0. The fourth-order valence-electron chi connectivity index (χ4n) is 2.90. The molecule has 1 heterocycles. The molecule has 0 aliphatic carbocycles. The number of nitrogens with one attached hydrogen (secondary N) is 1. The number of carbonyl (C=O) groups excluding carboxylic acids is 1. The SMILES string of the molecule is CCCCOc1ccc(NC(=O)O[C@H](COC)CN2CCN(C)CC2)cc1. The largest absolute Gasteiger partial charge is 0.494 e. The van der Waals surface area contributed by atoms with Crippen molar-refractivity contribution in [3.8, 4) is 5.75 Å². The number of methoxy groups -OCH3 is 1. The zero-order valence-corrected chi connectivity index (χ0v) is 16.8. The number of likely N-dealkylation sites (N-methyl/N-ethyl adjacent to an activating group) is 1. The van der Waals surface area contributed by atoms with Gasteiger partial charge in [0, 0.05) is 45.5 Å². The molecule has 1 saturated heterocycles. The van der Waals surface area contributed by atoms with E-state index >= 15 is 0 Å². The van der Waals surface area contributed by atoms with Crippen LogP contribution in [0.2, 0.25) is 0 Å². The first-order valence-corrected chi connectivity index (χ1v) is 9.71. The maximum Gasteiger partial charge on any atom is 0.412 e. The minimum absolute atomic E-state index is 0.296. The summed E-state index contributed by atoms with van der Waals surface area (Å²) < 4.78 is 16.4. The van der Waals surface area contributed by atoms with Gasteiger partial charge in [-0.15, -0.1) is 0 Å². The summed E-state index contributed by atoms with van der Waals surface area (Å²) in [5, 5.41) is 2.77. The number of hydrogen-bond acceptors (Lipinski definition) is 6. The van der Waals surface area contributed by atoms with E-state index in [2.05, 4.69) is 29.1 Å². The minimum Gasteiger partial charge on any atom is -0.494 e. The molecule has 0 unspecified atom stereocenters. The van der Waals surface area contributed by atoms with Crippen LogP contribution in [0.15, 0.2) is 24.3 Å². The summed E-state index contributed by atoms with van der Waals surface area (Å²) in [5.41, 5.74) is 0.679. The van der Waals surface area contributed by atoms with Gasteiger partial charge in [-0.1, -0.05) is 13.3 Å². The van der Waals surface area contributed by atoms with Gasteiger partial charge in [0.25, 0.3) is 0 Å². The molecule has 2 rings (SSSR count). The number of benzene rings is 1. The monoisotopic (exact) mass is 379 g/mol. The first-order valence-electron chi connectivity index (χ1n) is 9.71. The Morgan fingerprint density at radius 1 is 1.19 bits per heavy atom. The zero-order valence-electron chi connectivity index (χ0n) is 16.8. The van der Waals surface area contributed by atoms with Crippen molar-refractivity contribution in [3.63, 3.8) is 0 Å². The lowest BCUT2D eigenvalue weighted by Crippen LogP contribution is -2.48. The molecule has 1 atom stereocenters. The lowest BCUT2D eigenvalue weighted by Gasteiger charge is -2.34. The summed E-state index contributed by atoms with van der Waals surface area (Å²) in [6, 6.07) is 7.33. The molecule has 0 aromatic heterocycles. The molecule has 1 N–H and O–H groups in total. The molecule has 0 saturated carbocycles. The predicted octanol–water partition coefficient (Wildman–Crippen LogP) is 2.68. The van der Waals surface area contributed by atoms with Crippen molar-refractivity contribution < 1.29 is 19.0 Å². The van der Waals surface area contributed by atoms with Gasteiger partial charge >= 0.3 is 6.09 Å². The predicted molar refractivity (Wildman–Crippen MR) is 107 cm³/mol. The van der Waals surface area contributed by atoms with Crippen molar-refractivity contribution in [2.75, 3.05) is 65.4 Å². The number of nitrogens with zero attached hydrogens (tertiary/aromatic N) is 2. The van der Waals surface area contributed by atoms with Crippen molar-refractivity contribution in [1.82, 2.24) is 9.80 Å². The molecule has 1 aliphatic rings. The number of piperazine rings is 1. The van der Waals surface area contributed by atoms with Crippen molar-refractivity contribution in [1.29, 1.82) is 0 Å². The van der Waals surface area contributed by atoms with Gasteiger partial charge in [0.2, 0.25) is 0 Å². The van der Waals surface area contributed by atoms with Gasteiger partial charge in [-0.05, 0) is 37.7 Å². The maximum atomic E-state index is 12.2. The Hall–Kier alpha value is -1.83. The third-order valence-electron chi connectivity index (χ3n) is 4.55. The number of amides is 1. The second-order valence-corrected chi connectivity index (χ2v) is 6.94. The van der Waals surface area contributed by atoms with Gasteiger partial charge in [0.1, 0.15) is 11.9 Å². The lowest BCUT2D eigenvalue weighted by molar-refractivity contribution is 0.0157. The van der Waals surface area contributed by atoms with Gasteiger partial charge in [-0.2, -0.15) is 0 Å². The molecular weight excluding hydrogens is 346 g/mol. The zero-order chi connectivity index (χ0) is 19.5. The molecule has 7 nitrogen and oxygen atoms in total. The van der Waals surface area contributed by atoms with E-state index in [9.17, 15) is 4.79 Å². The fraction of sp³-hybridized carbons (Fsp3) is 0.650. The molecule has 0 spiro atoms. The first-order chi connectivity index (χ1) is 13.1. The van der Waals surface area contributed by atoms with Crippen LogP contribution in [0, 0.1) is 0 Å². The van der Waals surface area contributed by atoms with E-state index in [0.29, 0.717) is 25.4 Å². The van der Waals surface area contributed by atoms with Crippen LogP contribution in [0.1, 0.15) is 19.8 Å². The first kappa shape index (κ1) is 21.5. The molecule has 1 fully saturated rings. The number of unbranched alkanes of at least 4 members (excludes halogenated alkanes) is 1. The Bertz CT molecular complexity index is 545. The summed E-state index contributed by atoms with van der Waals surface area (Å²) in [6.07, 6.45) is 1.36. The second kappa shape index (κ2) is 11.8. The van der Waals surface area contributed by atoms with Crippen molar-refractivity contribution in [2.45, 2.75) is 25.9 Å². The summed E-state index contributed by atoms with van der Waals surface area (Å²) in [5.74, 6) is 0.801. The molecule has 152 valence electrons. The van der Waals surface area contributed by atoms with Crippen molar-refractivity contribution in [3.05, 3.63) is 24.3 Å². The van der Waals surface area contributed by atoms with E-state index in [-0.39, 0.29) is 6.10 Å². The standard InChI is InChI=1S/C20H33N3O4/c1-4-5-14-26-18-8-6-17(7-9-18)21-20(24)27-19(16-25-3)15-23-12-10-22(2)11-13-23/h6-9,19H,4-5,10-16H2,1-3H3,(H,21,24)/t19-/m0/s1. The number of rotatable bonds is 10. The fourth-order valence-corrected chi connectivity index (χ4v) is 2.90. The van der Waals surface area contributed by atoms with Gasteiger partial charge in [0.15, 0.2) is 0 Å². The van der Waals surface area contributed by atoms with Crippen LogP contribution in [-0.2, 0) is 9.47 Å². The van der Waals surface area contributed by atoms with Crippen molar-refractivity contribution >= 4 is 11.8 Å². The van der Waals surface area contributed by atoms with Crippen LogP contribution in [0.25, 0.3) is 0 Å². The molecule has 27 heavy (non-hydrogen) atoms. The Morgan fingerprint density at radius 3 is 2.52 bits per heavy atom. The van der Waals surface area contributed by atoms with Crippen LogP contribution in [0.4, 0.5) is 10.5 Å². The average Bonchev–Trinajstić information content (AvgIpc) is 2.65. The Kier molecular flexibility index (Phi) is 9.38. The normalized spacial score (nSPS) is 16.7. The number of hydrogen-bond donors (Lipinski definition) is 1. The third kappa shape index (κ3) is 8.15. The topological polar surface area (TPSA) is 63.3 Å². The molecule has 0 bridgehead atoms. The van der Waals surface area contributed by atoms with E-state index in [0.717, 1.165) is 44.8 Å². The van der Waals surface area contributed by atoms with Crippen LogP contribution in [0.5, 0.6) is 5.75 Å².